The molecular weight excluding hydrogens is 532 g/mol. The third-order valence-electron chi connectivity index (χ3n) is 6.21. The van der Waals surface area contributed by atoms with Gasteiger partial charge in [-0.05, 0) is 54.8 Å². The topological polar surface area (TPSA) is 68.2 Å². The number of benzene rings is 2. The van der Waals surface area contributed by atoms with Crippen LogP contribution in [0.25, 0.3) is 6.08 Å². The summed E-state index contributed by atoms with van der Waals surface area (Å²) in [6, 6.07) is 7.67. The van der Waals surface area contributed by atoms with Crippen LogP contribution >= 0.6 is 0 Å². The summed E-state index contributed by atoms with van der Waals surface area (Å²) in [5, 5.41) is 9.22. The minimum atomic E-state index is -4.90. The van der Waals surface area contributed by atoms with Crippen LogP contribution in [0.1, 0.15) is 30.0 Å². The minimum absolute atomic E-state index is 0.185. The second-order valence-corrected chi connectivity index (χ2v) is 9.24. The van der Waals surface area contributed by atoms with Gasteiger partial charge in [0.1, 0.15) is 30.5 Å². The van der Waals surface area contributed by atoms with Crippen LogP contribution < -0.4 is 14.2 Å². The summed E-state index contributed by atoms with van der Waals surface area (Å²) in [6.07, 6.45) is -7.84. The highest BCUT2D eigenvalue weighted by Gasteiger charge is 2.41. The number of carboxylic acids is 1. The average molecular weight is 557 g/mol. The van der Waals surface area contributed by atoms with Gasteiger partial charge in [-0.15, -0.1) is 0 Å². The highest BCUT2D eigenvalue weighted by atomic mass is 19.4. The van der Waals surface area contributed by atoms with E-state index in [2.05, 4.69) is 4.74 Å². The Morgan fingerprint density at radius 2 is 1.90 bits per heavy atom. The third-order valence-corrected chi connectivity index (χ3v) is 6.21. The molecule has 0 spiro atoms. The highest BCUT2D eigenvalue weighted by molar-refractivity contribution is 5.87. The van der Waals surface area contributed by atoms with Gasteiger partial charge in [0.15, 0.2) is 6.10 Å². The summed E-state index contributed by atoms with van der Waals surface area (Å²) in [7, 11) is 0. The Morgan fingerprint density at radius 1 is 1.13 bits per heavy atom. The number of ether oxygens (including phenoxy) is 3. The van der Waals surface area contributed by atoms with Gasteiger partial charge in [-0.3, -0.25) is 4.90 Å². The molecule has 1 atom stereocenters. The van der Waals surface area contributed by atoms with Gasteiger partial charge in [-0.2, -0.15) is 26.3 Å². The Balaban J connectivity index is 1.42. The van der Waals surface area contributed by atoms with Gasteiger partial charge >= 0.3 is 18.3 Å². The molecule has 0 fully saturated rings. The lowest BCUT2D eigenvalue weighted by Crippen LogP contribution is -2.34. The second kappa shape index (κ2) is 11.2. The van der Waals surface area contributed by atoms with Crippen molar-refractivity contribution >= 4 is 12.0 Å². The van der Waals surface area contributed by atoms with E-state index in [9.17, 15) is 36.2 Å². The van der Waals surface area contributed by atoms with E-state index in [0.29, 0.717) is 49.6 Å². The van der Waals surface area contributed by atoms with Crippen molar-refractivity contribution in [3.8, 4) is 17.2 Å². The van der Waals surface area contributed by atoms with E-state index >= 15 is 0 Å². The molecule has 2 aromatic rings. The number of hydrogen-bond donors (Lipinski definition) is 1. The zero-order chi connectivity index (χ0) is 28.4. The quantitative estimate of drug-likeness (QED) is 0.396. The lowest BCUT2D eigenvalue weighted by Gasteiger charge is -2.28. The maximum Gasteiger partial charge on any atom is 0.425 e. The lowest BCUT2D eigenvalue weighted by atomic mass is 10.0. The summed E-state index contributed by atoms with van der Waals surface area (Å²) in [6.45, 7) is 2.33. The van der Waals surface area contributed by atoms with Gasteiger partial charge in [-0.25, -0.2) is 4.79 Å². The number of hydrogen-bond acceptors (Lipinski definition) is 5. The van der Waals surface area contributed by atoms with Crippen molar-refractivity contribution in [2.45, 2.75) is 38.4 Å². The second-order valence-electron chi connectivity index (χ2n) is 9.24. The predicted molar refractivity (Wildman–Crippen MR) is 129 cm³/mol. The van der Waals surface area contributed by atoms with Gasteiger partial charge in [0.2, 0.25) is 0 Å². The van der Waals surface area contributed by atoms with Gasteiger partial charge in [0.05, 0.1) is 5.56 Å². The average Bonchev–Trinajstić information content (AvgIpc) is 2.86. The molecule has 1 N–H and O–H groups in total. The van der Waals surface area contributed by atoms with E-state index < -0.39 is 35.7 Å². The van der Waals surface area contributed by atoms with Crippen molar-refractivity contribution < 1.29 is 50.5 Å². The first-order valence-electron chi connectivity index (χ1n) is 12.0. The first-order valence-corrected chi connectivity index (χ1v) is 12.0. The zero-order valence-electron chi connectivity index (χ0n) is 20.7. The molecule has 0 radical (unpaired) electrons. The smallest absolute Gasteiger partial charge is 0.425 e. The van der Waals surface area contributed by atoms with Gasteiger partial charge in [0.25, 0.3) is 0 Å². The van der Waals surface area contributed by atoms with Crippen LogP contribution in [0, 0.1) is 0 Å². The maximum atomic E-state index is 13.3. The summed E-state index contributed by atoms with van der Waals surface area (Å²) in [4.78, 5) is 13.3. The maximum absolute atomic E-state index is 13.3. The van der Waals surface area contributed by atoms with Crippen LogP contribution in [0.2, 0.25) is 0 Å². The van der Waals surface area contributed by atoms with Gasteiger partial charge in [0, 0.05) is 36.8 Å². The van der Waals surface area contributed by atoms with E-state index in [1.165, 1.54) is 0 Å². The largest absolute Gasteiger partial charge is 0.489 e. The van der Waals surface area contributed by atoms with Crippen LogP contribution in [0.5, 0.6) is 17.2 Å². The first-order chi connectivity index (χ1) is 18.3. The van der Waals surface area contributed by atoms with Crippen LogP contribution in [-0.2, 0) is 17.6 Å². The molecular formula is C27H25F6NO5. The van der Waals surface area contributed by atoms with Crippen LogP contribution in [0.4, 0.5) is 26.3 Å². The molecule has 0 aliphatic carbocycles. The number of carboxylic acid groups (broad SMARTS) is 1. The summed E-state index contributed by atoms with van der Waals surface area (Å²) in [5.74, 6) is -0.984. The number of carbonyl (C=O) groups is 1. The van der Waals surface area contributed by atoms with Gasteiger partial charge in [-0.1, -0.05) is 12.1 Å². The molecule has 210 valence electrons. The molecule has 4 rings (SSSR count). The number of nitrogens with zero attached hydrogens (tertiary/aromatic N) is 1. The van der Waals surface area contributed by atoms with Crippen molar-refractivity contribution in [1.82, 2.24) is 4.90 Å². The fourth-order valence-electron chi connectivity index (χ4n) is 4.17. The van der Waals surface area contributed by atoms with Gasteiger partial charge < -0.3 is 19.3 Å². The van der Waals surface area contributed by atoms with Crippen molar-refractivity contribution in [3.63, 3.8) is 0 Å². The molecule has 2 heterocycles. The normalized spacial score (nSPS) is 16.9. The molecule has 6 nitrogen and oxygen atoms in total. The van der Waals surface area contributed by atoms with Crippen molar-refractivity contribution in [1.29, 1.82) is 0 Å². The third kappa shape index (κ3) is 7.25. The Labute approximate surface area is 220 Å². The number of alkyl halides is 6. The van der Waals surface area contributed by atoms with Crippen molar-refractivity contribution in [2.24, 2.45) is 0 Å². The van der Waals surface area contributed by atoms with Crippen molar-refractivity contribution in [2.75, 3.05) is 26.2 Å². The van der Waals surface area contributed by atoms with E-state index in [0.717, 1.165) is 29.8 Å². The molecule has 2 aliphatic rings. The molecule has 39 heavy (non-hydrogen) atoms. The molecule has 0 aromatic heterocycles. The summed E-state index contributed by atoms with van der Waals surface area (Å²) >= 11 is 0. The molecule has 2 aliphatic heterocycles. The van der Waals surface area contributed by atoms with Crippen LogP contribution in [0.3, 0.4) is 0 Å². The van der Waals surface area contributed by atoms with Crippen LogP contribution in [0.15, 0.2) is 53.6 Å². The fourth-order valence-corrected chi connectivity index (χ4v) is 4.17. The minimum Gasteiger partial charge on any atom is -0.489 e. The van der Waals surface area contributed by atoms with Crippen molar-refractivity contribution in [3.05, 3.63) is 70.3 Å². The Morgan fingerprint density at radius 3 is 2.59 bits per heavy atom. The monoisotopic (exact) mass is 557 g/mol. The number of fused-ring (bicyclic) bond motifs is 1. The first kappa shape index (κ1) is 28.3. The Kier molecular flexibility index (Phi) is 8.15. The number of aliphatic carboxylic acids is 1. The van der Waals surface area contributed by atoms with E-state index in [1.54, 1.807) is 24.3 Å². The molecule has 0 amide bonds. The lowest BCUT2D eigenvalue weighted by molar-refractivity contribution is -0.191. The van der Waals surface area contributed by atoms with Crippen LogP contribution in [-0.4, -0.2) is 54.5 Å². The van der Waals surface area contributed by atoms with E-state index in [-0.39, 0.29) is 18.8 Å². The molecule has 0 bridgehead atoms. The standard InChI is InChI=1S/C27H25F6NO5/c1-16(26(28,29)30)39-24-10-17(4-7-22(24)27(31,32)33)14-37-21-6-5-19-9-18(15-38-23(19)11-21)12-34-8-2-3-20(13-34)25(35)36/h3-7,9-11,16H,2,8,12-15H2,1H3,(H,35,36)/t16-/m0/s1. The molecule has 0 unspecified atom stereocenters. The Hall–Kier alpha value is -3.67. The highest BCUT2D eigenvalue weighted by Crippen LogP contribution is 2.39. The SMILES string of the molecule is C[C@H](Oc1cc(COc2ccc3c(c2)OCC(CN2CCC=C(C(=O)O)C2)=C3)ccc1C(F)(F)F)C(F)(F)F. The molecule has 0 saturated carbocycles. The molecule has 12 heteroatoms. The molecule has 2 aromatic carbocycles. The summed E-state index contributed by atoms with van der Waals surface area (Å²) < 4.78 is 94.7. The number of halogens is 6. The van der Waals surface area contributed by atoms with E-state index in [1.807, 2.05) is 11.0 Å². The Bertz CT molecular complexity index is 1280. The predicted octanol–water partition coefficient (Wildman–Crippen LogP) is 6.11. The zero-order valence-corrected chi connectivity index (χ0v) is 20.7. The molecule has 0 saturated heterocycles. The number of rotatable bonds is 8. The van der Waals surface area contributed by atoms with E-state index in [4.69, 9.17) is 9.47 Å². The fraction of sp³-hybridized carbons (Fsp3) is 0.370. The summed E-state index contributed by atoms with van der Waals surface area (Å²) in [5.41, 5.74) is 0.980.